The van der Waals surface area contributed by atoms with E-state index in [2.05, 4.69) is 22.9 Å². The molecular weight excluding hydrogens is 300 g/mol. The van der Waals surface area contributed by atoms with Gasteiger partial charge in [0.2, 0.25) is 0 Å². The zero-order chi connectivity index (χ0) is 15.7. The van der Waals surface area contributed by atoms with Gasteiger partial charge in [-0.25, -0.2) is 0 Å². The van der Waals surface area contributed by atoms with Crippen molar-refractivity contribution in [2.45, 2.75) is 32.6 Å². The SMILES string of the molecule is CCCC1C2CCC=NC2=C[C@@H]2CN(COS(C)(=O)=O)C[C@@H]12. The molecule has 0 N–H and O–H groups in total. The lowest BCUT2D eigenvalue weighted by Gasteiger charge is -2.39. The summed E-state index contributed by atoms with van der Waals surface area (Å²) in [6.07, 6.45) is 10.2. The zero-order valence-corrected chi connectivity index (χ0v) is 14.3. The van der Waals surface area contributed by atoms with E-state index < -0.39 is 10.1 Å². The smallest absolute Gasteiger partial charge is 0.265 e. The van der Waals surface area contributed by atoms with Gasteiger partial charge >= 0.3 is 0 Å². The Labute approximate surface area is 133 Å². The largest absolute Gasteiger partial charge is 0.279 e. The van der Waals surface area contributed by atoms with Gasteiger partial charge < -0.3 is 0 Å². The van der Waals surface area contributed by atoms with Gasteiger partial charge in [0.1, 0.15) is 6.73 Å². The highest BCUT2D eigenvalue weighted by Gasteiger charge is 2.44. The first-order chi connectivity index (χ1) is 10.5. The van der Waals surface area contributed by atoms with Gasteiger partial charge in [-0.1, -0.05) is 19.4 Å². The van der Waals surface area contributed by atoms with Crippen molar-refractivity contribution in [1.82, 2.24) is 4.90 Å². The van der Waals surface area contributed by atoms with E-state index in [4.69, 9.17) is 4.18 Å². The molecule has 6 heteroatoms. The molecule has 0 amide bonds. The van der Waals surface area contributed by atoms with Crippen molar-refractivity contribution in [1.29, 1.82) is 0 Å². The Morgan fingerprint density at radius 1 is 1.41 bits per heavy atom. The van der Waals surface area contributed by atoms with Gasteiger partial charge in [0.25, 0.3) is 10.1 Å². The van der Waals surface area contributed by atoms with Crippen molar-refractivity contribution in [3.05, 3.63) is 11.8 Å². The van der Waals surface area contributed by atoms with E-state index in [0.717, 1.165) is 25.8 Å². The van der Waals surface area contributed by atoms with Crippen LogP contribution in [0.3, 0.4) is 0 Å². The van der Waals surface area contributed by atoms with E-state index in [1.165, 1.54) is 25.0 Å². The third-order valence-electron chi connectivity index (χ3n) is 5.24. The summed E-state index contributed by atoms with van der Waals surface area (Å²) in [7, 11) is -3.37. The fraction of sp³-hybridized carbons (Fsp3) is 0.812. The van der Waals surface area contributed by atoms with Crippen LogP contribution in [0.15, 0.2) is 16.8 Å². The lowest BCUT2D eigenvalue weighted by atomic mass is 9.67. The van der Waals surface area contributed by atoms with Crippen molar-refractivity contribution >= 4 is 16.3 Å². The summed E-state index contributed by atoms with van der Waals surface area (Å²) in [6, 6.07) is 0. The first-order valence-corrected chi connectivity index (χ1v) is 10.1. The van der Waals surface area contributed by atoms with Crippen LogP contribution in [0.2, 0.25) is 0 Å². The van der Waals surface area contributed by atoms with Crippen molar-refractivity contribution in [3.63, 3.8) is 0 Å². The first kappa shape index (κ1) is 16.1. The normalized spacial score (nSPS) is 35.1. The molecule has 0 aromatic heterocycles. The summed E-state index contributed by atoms with van der Waals surface area (Å²) in [5.41, 5.74) is 1.27. The topological polar surface area (TPSA) is 59.0 Å². The molecule has 0 saturated carbocycles. The quantitative estimate of drug-likeness (QED) is 0.727. The second kappa shape index (κ2) is 6.42. The van der Waals surface area contributed by atoms with Crippen LogP contribution in [0.1, 0.15) is 32.6 Å². The van der Waals surface area contributed by atoms with Gasteiger partial charge in [-0.3, -0.25) is 14.1 Å². The number of likely N-dealkylation sites (tertiary alicyclic amines) is 1. The van der Waals surface area contributed by atoms with Crippen LogP contribution in [0, 0.1) is 23.7 Å². The Morgan fingerprint density at radius 3 is 2.95 bits per heavy atom. The maximum Gasteiger partial charge on any atom is 0.265 e. The highest BCUT2D eigenvalue weighted by Crippen LogP contribution is 2.47. The minimum Gasteiger partial charge on any atom is -0.279 e. The molecule has 124 valence electrons. The van der Waals surface area contributed by atoms with Gasteiger partial charge in [-0.2, -0.15) is 8.42 Å². The average molecular weight is 326 g/mol. The number of nitrogens with zero attached hydrogens (tertiary/aromatic N) is 2. The van der Waals surface area contributed by atoms with Crippen molar-refractivity contribution in [2.24, 2.45) is 28.7 Å². The molecule has 22 heavy (non-hydrogen) atoms. The van der Waals surface area contributed by atoms with Crippen LogP contribution in [0.25, 0.3) is 0 Å². The Bertz CT molecular complexity index is 570. The number of hydrogen-bond donors (Lipinski definition) is 0. The number of allylic oxidation sites excluding steroid dienone is 1. The third-order valence-corrected chi connectivity index (χ3v) is 5.77. The lowest BCUT2D eigenvalue weighted by molar-refractivity contribution is 0.141. The van der Waals surface area contributed by atoms with Crippen LogP contribution in [-0.4, -0.2) is 45.6 Å². The molecule has 0 radical (unpaired) electrons. The summed E-state index contributed by atoms with van der Waals surface area (Å²) in [4.78, 5) is 6.78. The number of hydrogen-bond acceptors (Lipinski definition) is 5. The molecule has 2 aliphatic heterocycles. The molecule has 3 aliphatic rings. The summed E-state index contributed by atoms with van der Waals surface area (Å²) in [5.74, 6) is 2.38. The predicted octanol–water partition coefficient (Wildman–Crippen LogP) is 2.26. The molecule has 1 saturated heterocycles. The highest BCUT2D eigenvalue weighted by molar-refractivity contribution is 7.85. The third kappa shape index (κ3) is 3.44. The monoisotopic (exact) mass is 326 g/mol. The second-order valence-corrected chi connectivity index (χ2v) is 8.50. The second-order valence-electron chi connectivity index (χ2n) is 6.85. The van der Waals surface area contributed by atoms with Crippen LogP contribution >= 0.6 is 0 Å². The minimum atomic E-state index is -3.37. The van der Waals surface area contributed by atoms with Gasteiger partial charge in [0.15, 0.2) is 0 Å². The first-order valence-electron chi connectivity index (χ1n) is 8.29. The fourth-order valence-electron chi connectivity index (χ4n) is 4.38. The standard InChI is InChI=1S/C16H26N2O3S/c1-3-5-13-14-6-4-7-17-16(14)8-12-9-18(10-15(12)13)11-21-22(2,19)20/h7-8,12-15H,3-6,9-11H2,1-2H3/t12-,13?,14?,15-/m1/s1. The van der Waals surface area contributed by atoms with E-state index >= 15 is 0 Å². The molecule has 1 fully saturated rings. The molecular formula is C16H26N2O3S. The lowest BCUT2D eigenvalue weighted by Crippen LogP contribution is -2.34. The van der Waals surface area contributed by atoms with E-state index in [-0.39, 0.29) is 6.73 Å². The van der Waals surface area contributed by atoms with Gasteiger partial charge in [0, 0.05) is 30.9 Å². The van der Waals surface area contributed by atoms with Gasteiger partial charge in [0.05, 0.1) is 6.26 Å². The maximum absolute atomic E-state index is 11.2. The molecule has 4 atom stereocenters. The Balaban J connectivity index is 1.74. The molecule has 0 bridgehead atoms. The fourth-order valence-corrected chi connectivity index (χ4v) is 4.72. The summed E-state index contributed by atoms with van der Waals surface area (Å²) < 4.78 is 27.4. The van der Waals surface area contributed by atoms with Crippen molar-refractivity contribution in [2.75, 3.05) is 26.1 Å². The van der Waals surface area contributed by atoms with E-state index in [0.29, 0.717) is 23.7 Å². The molecule has 0 aromatic rings. The molecule has 0 aromatic carbocycles. The van der Waals surface area contributed by atoms with Crippen LogP contribution in [0.4, 0.5) is 0 Å². The molecule has 5 nitrogen and oxygen atoms in total. The number of fused-ring (bicyclic) bond motifs is 2. The Kier molecular flexibility index (Phi) is 4.71. The van der Waals surface area contributed by atoms with Crippen LogP contribution in [-0.2, 0) is 14.3 Å². The van der Waals surface area contributed by atoms with Gasteiger partial charge in [-0.05, 0) is 37.0 Å². The number of rotatable bonds is 5. The minimum absolute atomic E-state index is 0.182. The summed E-state index contributed by atoms with van der Waals surface area (Å²) in [5, 5.41) is 0. The van der Waals surface area contributed by atoms with Crippen molar-refractivity contribution in [3.8, 4) is 0 Å². The van der Waals surface area contributed by atoms with Crippen LogP contribution < -0.4 is 0 Å². The average Bonchev–Trinajstić information content (AvgIpc) is 2.87. The predicted molar refractivity (Wildman–Crippen MR) is 87.0 cm³/mol. The summed E-state index contributed by atoms with van der Waals surface area (Å²) >= 11 is 0. The maximum atomic E-state index is 11.2. The Hall–Kier alpha value is -0.720. The van der Waals surface area contributed by atoms with Gasteiger partial charge in [-0.15, -0.1) is 0 Å². The van der Waals surface area contributed by atoms with Crippen molar-refractivity contribution < 1.29 is 12.6 Å². The summed E-state index contributed by atoms with van der Waals surface area (Å²) in [6.45, 7) is 4.25. The molecule has 1 aliphatic carbocycles. The molecule has 0 spiro atoms. The zero-order valence-electron chi connectivity index (χ0n) is 13.4. The molecule has 2 unspecified atom stereocenters. The van der Waals surface area contributed by atoms with E-state index in [9.17, 15) is 8.42 Å². The highest BCUT2D eigenvalue weighted by atomic mass is 32.2. The molecule has 2 heterocycles. The molecule has 3 rings (SSSR count). The van der Waals surface area contributed by atoms with E-state index in [1.807, 2.05) is 6.21 Å². The number of aliphatic imine (C=N–C) groups is 1. The Morgan fingerprint density at radius 2 is 2.23 bits per heavy atom. The van der Waals surface area contributed by atoms with E-state index in [1.54, 1.807) is 0 Å². The van der Waals surface area contributed by atoms with Crippen LogP contribution in [0.5, 0.6) is 0 Å².